The third-order valence-electron chi connectivity index (χ3n) is 2.64. The topological polar surface area (TPSA) is 80.7 Å². The van der Waals surface area contributed by atoms with Crippen LogP contribution in [0, 0.1) is 0 Å². The maximum absolute atomic E-state index is 9.03. The molecule has 2 rings (SSSR count). The van der Waals surface area contributed by atoms with Crippen LogP contribution in [0.15, 0.2) is 34.7 Å². The molecule has 2 aromatic rings. The molecular weight excluding hydrogens is 276 g/mol. The van der Waals surface area contributed by atoms with Crippen LogP contribution in [0.5, 0.6) is 5.75 Å². The summed E-state index contributed by atoms with van der Waals surface area (Å²) in [5, 5.41) is 12.1. The first-order chi connectivity index (χ1) is 9.63. The van der Waals surface area contributed by atoms with Gasteiger partial charge in [0.15, 0.2) is 5.11 Å². The minimum Gasteiger partial charge on any atom is -0.492 e. The molecule has 0 aliphatic rings. The fraction of sp³-hybridized carbons (Fsp3) is 0.214. The standard InChI is InChI=1S/C14H16N2O3S/c1-2-18-13-5-3-9(7-11(13)16-14(15)20)12-6-4-10(8-17)19-12/h3-7,17H,2,8H2,1H3,(H3,15,16,20). The van der Waals surface area contributed by atoms with Gasteiger partial charge in [-0.1, -0.05) is 0 Å². The van der Waals surface area contributed by atoms with Gasteiger partial charge in [-0.2, -0.15) is 0 Å². The molecule has 1 aromatic carbocycles. The molecule has 0 fully saturated rings. The number of thiocarbonyl (C=S) groups is 1. The Morgan fingerprint density at radius 3 is 2.80 bits per heavy atom. The maximum Gasteiger partial charge on any atom is 0.168 e. The van der Waals surface area contributed by atoms with Crippen molar-refractivity contribution in [2.24, 2.45) is 5.73 Å². The molecule has 0 saturated heterocycles. The van der Waals surface area contributed by atoms with Gasteiger partial charge < -0.3 is 25.3 Å². The smallest absolute Gasteiger partial charge is 0.168 e. The van der Waals surface area contributed by atoms with Crippen LogP contribution >= 0.6 is 12.2 Å². The highest BCUT2D eigenvalue weighted by molar-refractivity contribution is 7.80. The number of hydrogen-bond donors (Lipinski definition) is 3. The molecule has 5 nitrogen and oxygen atoms in total. The van der Waals surface area contributed by atoms with E-state index in [9.17, 15) is 0 Å². The quantitative estimate of drug-likeness (QED) is 0.735. The van der Waals surface area contributed by atoms with Gasteiger partial charge in [-0.25, -0.2) is 0 Å². The van der Waals surface area contributed by atoms with E-state index in [1.54, 1.807) is 12.1 Å². The van der Waals surface area contributed by atoms with Gasteiger partial charge in [0, 0.05) is 5.56 Å². The highest BCUT2D eigenvalue weighted by atomic mass is 32.1. The molecule has 6 heteroatoms. The number of aliphatic hydroxyl groups is 1. The zero-order chi connectivity index (χ0) is 14.5. The lowest BCUT2D eigenvalue weighted by atomic mass is 10.1. The van der Waals surface area contributed by atoms with Crippen molar-refractivity contribution in [3.63, 3.8) is 0 Å². The summed E-state index contributed by atoms with van der Waals surface area (Å²) < 4.78 is 11.0. The molecule has 1 aromatic heterocycles. The van der Waals surface area contributed by atoms with Crippen molar-refractivity contribution in [1.82, 2.24) is 0 Å². The average molecular weight is 292 g/mol. The van der Waals surface area contributed by atoms with Crippen LogP contribution < -0.4 is 15.8 Å². The molecule has 0 aliphatic carbocycles. The molecule has 0 atom stereocenters. The van der Waals surface area contributed by atoms with E-state index in [1.165, 1.54) is 0 Å². The monoisotopic (exact) mass is 292 g/mol. The van der Waals surface area contributed by atoms with Crippen molar-refractivity contribution in [3.8, 4) is 17.1 Å². The molecular formula is C14H16N2O3S. The molecule has 0 radical (unpaired) electrons. The number of furan rings is 1. The van der Waals surface area contributed by atoms with Crippen LogP contribution in [0.2, 0.25) is 0 Å². The Kier molecular flexibility index (Phi) is 4.60. The fourth-order valence-electron chi connectivity index (χ4n) is 1.81. The summed E-state index contributed by atoms with van der Waals surface area (Å²) >= 11 is 4.86. The van der Waals surface area contributed by atoms with E-state index in [0.29, 0.717) is 29.6 Å². The first-order valence-electron chi connectivity index (χ1n) is 6.17. The van der Waals surface area contributed by atoms with Crippen LogP contribution in [0.4, 0.5) is 5.69 Å². The fourth-order valence-corrected chi connectivity index (χ4v) is 1.92. The summed E-state index contributed by atoms with van der Waals surface area (Å²) in [6, 6.07) is 9.05. The second-order valence-corrected chi connectivity index (χ2v) is 4.50. The van der Waals surface area contributed by atoms with Gasteiger partial charge in [0.25, 0.3) is 0 Å². The molecule has 106 valence electrons. The summed E-state index contributed by atoms with van der Waals surface area (Å²) in [5.41, 5.74) is 7.03. The largest absolute Gasteiger partial charge is 0.492 e. The summed E-state index contributed by atoms with van der Waals surface area (Å²) in [7, 11) is 0. The minimum absolute atomic E-state index is 0.130. The lowest BCUT2D eigenvalue weighted by Gasteiger charge is -2.12. The SMILES string of the molecule is CCOc1ccc(-c2ccc(CO)o2)cc1NC(N)=S. The second-order valence-electron chi connectivity index (χ2n) is 4.06. The normalized spacial score (nSPS) is 10.3. The number of rotatable bonds is 5. The molecule has 20 heavy (non-hydrogen) atoms. The first-order valence-corrected chi connectivity index (χ1v) is 6.58. The zero-order valence-corrected chi connectivity index (χ0v) is 11.9. The van der Waals surface area contributed by atoms with Gasteiger partial charge in [-0.3, -0.25) is 0 Å². The predicted octanol–water partition coefficient (Wildman–Crippen LogP) is 2.49. The Morgan fingerprint density at radius 2 is 2.20 bits per heavy atom. The molecule has 0 unspecified atom stereocenters. The predicted molar refractivity (Wildman–Crippen MR) is 81.6 cm³/mol. The Bertz CT molecular complexity index is 610. The van der Waals surface area contributed by atoms with Gasteiger partial charge in [0.1, 0.15) is 23.9 Å². The van der Waals surface area contributed by atoms with Crippen LogP contribution in [0.1, 0.15) is 12.7 Å². The zero-order valence-electron chi connectivity index (χ0n) is 11.1. The Balaban J connectivity index is 2.37. The lowest BCUT2D eigenvalue weighted by Crippen LogP contribution is -2.19. The number of ether oxygens (including phenoxy) is 1. The number of nitrogens with one attached hydrogen (secondary N) is 1. The van der Waals surface area contributed by atoms with Crippen molar-refractivity contribution >= 4 is 23.0 Å². The Hall–Kier alpha value is -2.05. The second kappa shape index (κ2) is 6.40. The third kappa shape index (κ3) is 3.28. The summed E-state index contributed by atoms with van der Waals surface area (Å²) in [5.74, 6) is 1.83. The summed E-state index contributed by atoms with van der Waals surface area (Å²) in [4.78, 5) is 0. The van der Waals surface area contributed by atoms with E-state index in [1.807, 2.05) is 25.1 Å². The van der Waals surface area contributed by atoms with Crippen LogP contribution in [-0.4, -0.2) is 16.8 Å². The minimum atomic E-state index is -0.130. The third-order valence-corrected chi connectivity index (χ3v) is 2.74. The molecule has 0 amide bonds. The van der Waals surface area contributed by atoms with E-state index < -0.39 is 0 Å². The van der Waals surface area contributed by atoms with E-state index in [0.717, 1.165) is 5.56 Å². The first kappa shape index (κ1) is 14.4. The van der Waals surface area contributed by atoms with E-state index in [2.05, 4.69) is 5.32 Å². The Labute approximate surface area is 122 Å². The molecule has 1 heterocycles. The van der Waals surface area contributed by atoms with Gasteiger partial charge in [-0.05, 0) is 49.5 Å². The van der Waals surface area contributed by atoms with Crippen molar-refractivity contribution < 1.29 is 14.3 Å². The number of anilines is 1. The van der Waals surface area contributed by atoms with Crippen LogP contribution in [-0.2, 0) is 6.61 Å². The number of benzene rings is 1. The maximum atomic E-state index is 9.03. The van der Waals surface area contributed by atoms with Gasteiger partial charge in [-0.15, -0.1) is 0 Å². The average Bonchev–Trinajstić information content (AvgIpc) is 2.89. The molecule has 4 N–H and O–H groups in total. The number of hydrogen-bond acceptors (Lipinski definition) is 4. The van der Waals surface area contributed by atoms with Crippen molar-refractivity contribution in [2.75, 3.05) is 11.9 Å². The number of aliphatic hydroxyl groups excluding tert-OH is 1. The van der Waals surface area contributed by atoms with E-state index >= 15 is 0 Å². The number of nitrogens with two attached hydrogens (primary N) is 1. The van der Waals surface area contributed by atoms with Crippen molar-refractivity contribution in [1.29, 1.82) is 0 Å². The summed E-state index contributed by atoms with van der Waals surface area (Å²) in [6.45, 7) is 2.31. The van der Waals surface area contributed by atoms with E-state index in [4.69, 9.17) is 32.2 Å². The van der Waals surface area contributed by atoms with Gasteiger partial charge >= 0.3 is 0 Å². The molecule has 0 aliphatic heterocycles. The molecule has 0 spiro atoms. The van der Waals surface area contributed by atoms with Gasteiger partial charge in [0.2, 0.25) is 0 Å². The van der Waals surface area contributed by atoms with Gasteiger partial charge in [0.05, 0.1) is 12.3 Å². The van der Waals surface area contributed by atoms with Crippen molar-refractivity contribution in [3.05, 3.63) is 36.1 Å². The summed E-state index contributed by atoms with van der Waals surface area (Å²) in [6.07, 6.45) is 0. The highest BCUT2D eigenvalue weighted by Crippen LogP contribution is 2.31. The van der Waals surface area contributed by atoms with Crippen LogP contribution in [0.3, 0.4) is 0 Å². The molecule has 0 bridgehead atoms. The van der Waals surface area contributed by atoms with Crippen molar-refractivity contribution in [2.45, 2.75) is 13.5 Å². The van der Waals surface area contributed by atoms with E-state index in [-0.39, 0.29) is 11.7 Å². The highest BCUT2D eigenvalue weighted by Gasteiger charge is 2.10. The molecule has 0 saturated carbocycles. The van der Waals surface area contributed by atoms with Crippen LogP contribution in [0.25, 0.3) is 11.3 Å². The Morgan fingerprint density at radius 1 is 1.40 bits per heavy atom. The lowest BCUT2D eigenvalue weighted by molar-refractivity contribution is 0.248.